The van der Waals surface area contributed by atoms with Gasteiger partial charge in [-0.25, -0.2) is 14.4 Å². The number of phenolic OH excluding ortho intramolecular Hbond substituents is 1. The molecule has 2 rings (SSSR count). The van der Waals surface area contributed by atoms with Crippen molar-refractivity contribution in [3.8, 4) is 5.75 Å². The van der Waals surface area contributed by atoms with Crippen LogP contribution in [0.5, 0.6) is 5.75 Å². The van der Waals surface area contributed by atoms with Gasteiger partial charge in [-0.15, -0.1) is 0 Å². The number of aromatic hydroxyl groups is 1. The fraction of sp³-hybridized carbons (Fsp3) is 0.0833. The van der Waals surface area contributed by atoms with E-state index >= 15 is 0 Å². The molecule has 0 fully saturated rings. The van der Waals surface area contributed by atoms with E-state index in [1.807, 2.05) is 0 Å². The molecule has 0 saturated carbocycles. The van der Waals surface area contributed by atoms with Crippen LogP contribution < -0.4 is 11.1 Å². The quantitative estimate of drug-likeness (QED) is 0.591. The van der Waals surface area contributed by atoms with Crippen molar-refractivity contribution < 1.29 is 14.3 Å². The molecule has 1 aromatic carbocycles. The number of nitrogens with zero attached hydrogens (tertiary/aromatic N) is 3. The van der Waals surface area contributed by atoms with Gasteiger partial charge in [0.25, 0.3) is 0 Å². The number of phenols is 1. The third-order valence-electron chi connectivity index (χ3n) is 2.49. The summed E-state index contributed by atoms with van der Waals surface area (Å²) in [6.07, 6.45) is 2.49. The Kier molecular flexibility index (Phi) is 4.39. The minimum Gasteiger partial charge on any atom is -0.506 e. The summed E-state index contributed by atoms with van der Waals surface area (Å²) in [4.78, 5) is 12.3. The van der Waals surface area contributed by atoms with Crippen molar-refractivity contribution >= 4 is 35.1 Å². The number of nitrogen functional groups attached to an aromatic ring is 1. The van der Waals surface area contributed by atoms with Gasteiger partial charge in [-0.1, -0.05) is 16.8 Å². The molecular formula is C12H11ClFN5O2. The Balaban J connectivity index is 2.42. The van der Waals surface area contributed by atoms with E-state index in [0.717, 1.165) is 12.1 Å². The first-order chi connectivity index (χ1) is 10.0. The zero-order chi connectivity index (χ0) is 15.4. The molecule has 2 aromatic rings. The van der Waals surface area contributed by atoms with Crippen LogP contribution in [-0.4, -0.2) is 28.4 Å². The van der Waals surface area contributed by atoms with Crippen LogP contribution >= 0.6 is 11.6 Å². The molecule has 0 atom stereocenters. The number of nitrogens with one attached hydrogen (secondary N) is 1. The maximum Gasteiger partial charge on any atom is 0.148 e. The number of hydrogen-bond donors (Lipinski definition) is 3. The zero-order valence-electron chi connectivity index (χ0n) is 10.8. The summed E-state index contributed by atoms with van der Waals surface area (Å²) in [7, 11) is 1.36. The van der Waals surface area contributed by atoms with Crippen LogP contribution in [0.1, 0.15) is 5.56 Å². The Labute approximate surface area is 124 Å². The minimum atomic E-state index is -0.662. The molecule has 1 aromatic heterocycles. The number of benzene rings is 1. The molecule has 0 saturated heterocycles. The highest BCUT2D eigenvalue weighted by molar-refractivity contribution is 6.32. The predicted octanol–water partition coefficient (Wildman–Crippen LogP) is 2.28. The molecule has 0 aliphatic rings. The molecule has 0 aliphatic heterocycles. The largest absolute Gasteiger partial charge is 0.506 e. The second-order valence-electron chi connectivity index (χ2n) is 3.85. The maximum absolute atomic E-state index is 13.8. The smallest absolute Gasteiger partial charge is 0.148 e. The lowest BCUT2D eigenvalue weighted by molar-refractivity contribution is 0.215. The first-order valence-corrected chi connectivity index (χ1v) is 6.02. The SMILES string of the molecule is CON=Cc1c(N)ncnc1Nc1cc(O)c(Cl)cc1F. The van der Waals surface area contributed by atoms with Crippen LogP contribution in [0.3, 0.4) is 0 Å². The highest BCUT2D eigenvalue weighted by atomic mass is 35.5. The van der Waals surface area contributed by atoms with Gasteiger partial charge < -0.3 is 21.0 Å². The van der Waals surface area contributed by atoms with Crippen LogP contribution in [0, 0.1) is 5.82 Å². The van der Waals surface area contributed by atoms with E-state index in [-0.39, 0.29) is 28.1 Å². The molecule has 0 spiro atoms. The van der Waals surface area contributed by atoms with E-state index in [1.54, 1.807) is 0 Å². The summed E-state index contributed by atoms with van der Waals surface area (Å²) < 4.78 is 13.8. The second-order valence-corrected chi connectivity index (χ2v) is 4.25. The van der Waals surface area contributed by atoms with E-state index in [1.165, 1.54) is 19.7 Å². The fourth-order valence-electron chi connectivity index (χ4n) is 1.50. The lowest BCUT2D eigenvalue weighted by Gasteiger charge is -2.11. The number of halogens is 2. The Morgan fingerprint density at radius 1 is 1.48 bits per heavy atom. The van der Waals surface area contributed by atoms with E-state index in [2.05, 4.69) is 25.3 Å². The third kappa shape index (κ3) is 3.29. The second kappa shape index (κ2) is 6.23. The van der Waals surface area contributed by atoms with Crippen molar-refractivity contribution in [3.63, 3.8) is 0 Å². The highest BCUT2D eigenvalue weighted by Crippen LogP contribution is 2.31. The molecule has 7 nitrogen and oxygen atoms in total. The molecule has 0 radical (unpaired) electrons. The summed E-state index contributed by atoms with van der Waals surface area (Å²) in [6.45, 7) is 0. The highest BCUT2D eigenvalue weighted by Gasteiger charge is 2.12. The van der Waals surface area contributed by atoms with Crippen LogP contribution in [0.15, 0.2) is 23.6 Å². The Bertz CT molecular complexity index is 696. The average molecular weight is 312 g/mol. The number of aromatic nitrogens is 2. The van der Waals surface area contributed by atoms with Gasteiger partial charge in [-0.3, -0.25) is 0 Å². The zero-order valence-corrected chi connectivity index (χ0v) is 11.6. The lowest BCUT2D eigenvalue weighted by Crippen LogP contribution is -2.05. The van der Waals surface area contributed by atoms with Gasteiger partial charge in [0.05, 0.1) is 22.5 Å². The standard InChI is InChI=1S/C12H11ClFN5O2/c1-21-18-4-6-11(15)16-5-17-12(6)19-9-3-10(20)7(13)2-8(9)14/h2-5,20H,1H3,(H3,15,16,17,19). The van der Waals surface area contributed by atoms with Gasteiger partial charge in [0.2, 0.25) is 0 Å². The van der Waals surface area contributed by atoms with Crippen molar-refractivity contribution in [2.24, 2.45) is 5.16 Å². The van der Waals surface area contributed by atoms with Crippen molar-refractivity contribution in [2.45, 2.75) is 0 Å². The summed E-state index contributed by atoms with van der Waals surface area (Å²) in [6, 6.07) is 2.11. The maximum atomic E-state index is 13.8. The van der Waals surface area contributed by atoms with Crippen LogP contribution in [-0.2, 0) is 4.84 Å². The van der Waals surface area contributed by atoms with Gasteiger partial charge in [0.1, 0.15) is 36.6 Å². The number of hydrogen-bond acceptors (Lipinski definition) is 7. The molecule has 1 heterocycles. The first-order valence-electron chi connectivity index (χ1n) is 5.65. The van der Waals surface area contributed by atoms with Crippen LogP contribution in [0.4, 0.5) is 21.7 Å². The molecule has 110 valence electrons. The van der Waals surface area contributed by atoms with E-state index < -0.39 is 5.82 Å². The molecular weight excluding hydrogens is 301 g/mol. The summed E-state index contributed by atoms with van der Waals surface area (Å²) in [5.74, 6) is -0.602. The monoisotopic (exact) mass is 311 g/mol. The predicted molar refractivity (Wildman–Crippen MR) is 77.4 cm³/mol. The molecule has 0 aliphatic carbocycles. The molecule has 21 heavy (non-hydrogen) atoms. The molecule has 0 unspecified atom stereocenters. The molecule has 0 bridgehead atoms. The number of rotatable bonds is 4. The fourth-order valence-corrected chi connectivity index (χ4v) is 1.65. The van der Waals surface area contributed by atoms with Gasteiger partial charge in [0, 0.05) is 6.07 Å². The summed E-state index contributed by atoms with van der Waals surface area (Å²) >= 11 is 5.61. The molecule has 0 amide bonds. The van der Waals surface area contributed by atoms with Gasteiger partial charge in [0.15, 0.2) is 0 Å². The topological polar surface area (TPSA) is 106 Å². The third-order valence-corrected chi connectivity index (χ3v) is 2.79. The van der Waals surface area contributed by atoms with Crippen LogP contribution in [0.2, 0.25) is 5.02 Å². The number of nitrogens with two attached hydrogens (primary N) is 1. The van der Waals surface area contributed by atoms with Crippen molar-refractivity contribution in [1.29, 1.82) is 0 Å². The minimum absolute atomic E-state index is 0.0259. The van der Waals surface area contributed by atoms with Gasteiger partial charge in [-0.05, 0) is 6.07 Å². The van der Waals surface area contributed by atoms with Crippen LogP contribution in [0.25, 0.3) is 0 Å². The molecule has 4 N–H and O–H groups in total. The van der Waals surface area contributed by atoms with E-state index in [4.69, 9.17) is 17.3 Å². The lowest BCUT2D eigenvalue weighted by atomic mass is 10.2. The first kappa shape index (κ1) is 14.8. The van der Waals surface area contributed by atoms with Crippen molar-refractivity contribution in [3.05, 3.63) is 34.9 Å². The van der Waals surface area contributed by atoms with Crippen molar-refractivity contribution in [2.75, 3.05) is 18.2 Å². The Morgan fingerprint density at radius 2 is 2.24 bits per heavy atom. The summed E-state index contributed by atoms with van der Waals surface area (Å²) in [5, 5.41) is 15.7. The average Bonchev–Trinajstić information content (AvgIpc) is 2.44. The number of anilines is 3. The van der Waals surface area contributed by atoms with E-state index in [9.17, 15) is 9.50 Å². The van der Waals surface area contributed by atoms with Crippen molar-refractivity contribution in [1.82, 2.24) is 9.97 Å². The molecule has 9 heteroatoms. The Hall–Kier alpha value is -2.61. The van der Waals surface area contributed by atoms with Gasteiger partial charge >= 0.3 is 0 Å². The summed E-state index contributed by atoms with van der Waals surface area (Å²) in [5.41, 5.74) is 5.99. The normalized spacial score (nSPS) is 10.8. The Morgan fingerprint density at radius 3 is 2.95 bits per heavy atom. The number of oxime groups is 1. The van der Waals surface area contributed by atoms with E-state index in [0.29, 0.717) is 5.56 Å². The van der Waals surface area contributed by atoms with Gasteiger partial charge in [-0.2, -0.15) is 0 Å².